The lowest BCUT2D eigenvalue weighted by atomic mass is 10.3. The van der Waals surface area contributed by atoms with Gasteiger partial charge >= 0.3 is 18.5 Å². The number of carbonyl (C=O) groups is 3. The van der Waals surface area contributed by atoms with Gasteiger partial charge in [0.2, 0.25) is 5.78 Å². The molecule has 0 N–H and O–H groups in total. The molecular formula is C20H31Cl2F9O6. The van der Waals surface area contributed by atoms with E-state index >= 15 is 0 Å². The van der Waals surface area contributed by atoms with Gasteiger partial charge in [-0.3, -0.25) is 14.4 Å². The van der Waals surface area contributed by atoms with Crippen LogP contribution in [-0.4, -0.2) is 61.3 Å². The first kappa shape index (κ1) is 48.1. The smallest absolute Gasteiger partial charge is 0.454 e. The Morgan fingerprint density at radius 3 is 1.24 bits per heavy atom. The van der Waals surface area contributed by atoms with Crippen molar-refractivity contribution in [2.45, 2.75) is 66.1 Å². The van der Waals surface area contributed by atoms with Crippen LogP contribution < -0.4 is 0 Å². The summed E-state index contributed by atoms with van der Waals surface area (Å²) in [6.45, 7) is 5.43. The summed E-state index contributed by atoms with van der Waals surface area (Å²) in [5.41, 5.74) is -1.19. The second-order valence-electron chi connectivity index (χ2n) is 5.23. The van der Waals surface area contributed by atoms with Gasteiger partial charge in [-0.15, -0.1) is 12.4 Å². The van der Waals surface area contributed by atoms with Crippen molar-refractivity contribution in [1.82, 2.24) is 0 Å². The Kier molecular flexibility index (Phi) is 31.7. The van der Waals surface area contributed by atoms with Crippen molar-refractivity contribution in [2.24, 2.45) is 0 Å². The minimum Gasteiger partial charge on any atom is -0.501 e. The molecule has 0 spiro atoms. The molecule has 0 bridgehead atoms. The number of halogens is 11. The number of alkyl halides is 10. The topological polar surface area (TPSA) is 78.9 Å². The van der Waals surface area contributed by atoms with Crippen LogP contribution in [0.3, 0.4) is 0 Å². The van der Waals surface area contributed by atoms with Gasteiger partial charge < -0.3 is 14.2 Å². The number of hydrogen-bond acceptors (Lipinski definition) is 6. The summed E-state index contributed by atoms with van der Waals surface area (Å²) in [6.07, 6.45) is -13.1. The first-order chi connectivity index (χ1) is 15.3. The molecule has 6 nitrogen and oxygen atoms in total. The molecule has 1 unspecified atom stereocenters. The Morgan fingerprint density at radius 2 is 1.03 bits per heavy atom. The van der Waals surface area contributed by atoms with Crippen LogP contribution in [0.5, 0.6) is 0 Å². The summed E-state index contributed by atoms with van der Waals surface area (Å²) in [5.74, 6) is -5.69. The summed E-state index contributed by atoms with van der Waals surface area (Å²) in [4.78, 5) is 30.4. The number of carbonyl (C=O) groups excluding carboxylic acids is 3. The fourth-order valence-electron chi connectivity index (χ4n) is 1.10. The van der Waals surface area contributed by atoms with Crippen LogP contribution in [0.4, 0.5) is 39.5 Å². The number of Topliss-reactive ketones (excluding diaryl/α,β-unsaturated/α-hetero) is 1. The molecule has 0 heterocycles. The Hall–Kier alpha value is -2.00. The molecule has 224 valence electrons. The molecule has 0 saturated heterocycles. The summed E-state index contributed by atoms with van der Waals surface area (Å²) in [7, 11) is 0. The van der Waals surface area contributed by atoms with E-state index in [0.717, 1.165) is 12.5 Å². The lowest BCUT2D eigenvalue weighted by Gasteiger charge is -2.09. The Bertz CT molecular complexity index is 624. The van der Waals surface area contributed by atoms with Crippen molar-refractivity contribution < 1.29 is 68.1 Å². The molecule has 0 aromatic carbocycles. The Morgan fingerprint density at radius 1 is 0.703 bits per heavy atom. The monoisotopic (exact) mass is 608 g/mol. The van der Waals surface area contributed by atoms with Crippen molar-refractivity contribution in [3.63, 3.8) is 0 Å². The summed E-state index contributed by atoms with van der Waals surface area (Å²) in [5, 5.41) is 0. The molecule has 0 rings (SSSR count). The number of allylic oxidation sites excluding steroid dienone is 2. The normalized spacial score (nSPS) is 11.8. The van der Waals surface area contributed by atoms with Crippen LogP contribution in [0.1, 0.15) is 42.0 Å². The number of rotatable bonds is 10. The zero-order valence-electron chi connectivity index (χ0n) is 18.4. The fraction of sp³-hybridized carbons (Fsp3) is 0.650. The van der Waals surface area contributed by atoms with Crippen LogP contribution >= 0.6 is 24.0 Å². The van der Waals surface area contributed by atoms with Crippen molar-refractivity contribution in [1.29, 1.82) is 0 Å². The van der Waals surface area contributed by atoms with E-state index in [1.807, 2.05) is 0 Å². The molecule has 0 aliphatic rings. The highest BCUT2D eigenvalue weighted by molar-refractivity contribution is 6.21. The van der Waals surface area contributed by atoms with Crippen LogP contribution in [0.2, 0.25) is 0 Å². The molecule has 0 aliphatic heterocycles. The Balaban J connectivity index is -0.0000000937. The van der Waals surface area contributed by atoms with Gasteiger partial charge in [0.25, 0.3) is 11.6 Å². The summed E-state index contributed by atoms with van der Waals surface area (Å²) in [6, 6.07) is 0. The third-order valence-corrected chi connectivity index (χ3v) is 2.81. The van der Waals surface area contributed by atoms with Crippen molar-refractivity contribution in [2.75, 3.05) is 19.8 Å². The van der Waals surface area contributed by atoms with E-state index in [-0.39, 0.29) is 47.1 Å². The highest BCUT2D eigenvalue weighted by Gasteiger charge is 2.39. The van der Waals surface area contributed by atoms with Crippen LogP contribution in [-0.2, 0) is 28.6 Å². The molecule has 17 heteroatoms. The zero-order chi connectivity index (χ0) is 27.6. The van der Waals surface area contributed by atoms with Crippen LogP contribution in [0.25, 0.3) is 0 Å². The molecule has 0 aromatic rings. The number of ether oxygens (including phenoxy) is 3. The highest BCUT2D eigenvalue weighted by atomic mass is 35.5. The first-order valence-corrected chi connectivity index (χ1v) is 9.42. The van der Waals surface area contributed by atoms with Gasteiger partial charge in [0, 0.05) is 18.8 Å². The van der Waals surface area contributed by atoms with Gasteiger partial charge in [-0.05, 0) is 20.8 Å². The van der Waals surface area contributed by atoms with Crippen LogP contribution in [0.15, 0.2) is 24.7 Å². The second-order valence-corrected chi connectivity index (χ2v) is 5.72. The van der Waals surface area contributed by atoms with Gasteiger partial charge in [0.05, 0.1) is 32.2 Å². The number of hydrogen-bond donors (Lipinski definition) is 0. The predicted molar refractivity (Wildman–Crippen MR) is 121 cm³/mol. The van der Waals surface area contributed by atoms with E-state index in [1.165, 1.54) is 0 Å². The largest absolute Gasteiger partial charge is 0.501 e. The maximum absolute atomic E-state index is 11.6. The van der Waals surface area contributed by atoms with E-state index in [0.29, 0.717) is 12.2 Å². The van der Waals surface area contributed by atoms with Gasteiger partial charge in [-0.2, -0.15) is 39.5 Å². The third-order valence-electron chi connectivity index (χ3n) is 2.53. The van der Waals surface area contributed by atoms with Gasteiger partial charge in [0.1, 0.15) is 5.56 Å². The average molecular weight is 609 g/mol. The van der Waals surface area contributed by atoms with Crippen molar-refractivity contribution in [3.05, 3.63) is 24.7 Å². The van der Waals surface area contributed by atoms with Gasteiger partial charge in [0.15, 0.2) is 0 Å². The standard InChI is InChI=1S/C6H8ClF3O2.2C6H7F3O2.2CH4.ClH/c1-2-12-5(7)3-4(11)6(8,9)10;2*1-2-11-4-3-5(10)6(7,8)9;;;/h5H,2-3H2,1H3;2*3-4H,2H2,1H3;2*1H4;1H/b;4-3+;4-3-;;;. The highest BCUT2D eigenvalue weighted by Crippen LogP contribution is 2.20. The molecule has 37 heavy (non-hydrogen) atoms. The van der Waals surface area contributed by atoms with E-state index < -0.39 is 47.9 Å². The maximum Gasteiger partial charge on any atom is 0.454 e. The van der Waals surface area contributed by atoms with Gasteiger partial charge in [-0.1, -0.05) is 26.5 Å². The summed E-state index contributed by atoms with van der Waals surface area (Å²) < 4.78 is 117. The van der Waals surface area contributed by atoms with Crippen molar-refractivity contribution >= 4 is 41.4 Å². The minimum absolute atomic E-state index is 0. The molecule has 0 aliphatic carbocycles. The molecule has 0 radical (unpaired) electrons. The van der Waals surface area contributed by atoms with E-state index in [4.69, 9.17) is 11.6 Å². The fourth-order valence-corrected chi connectivity index (χ4v) is 1.37. The second kappa shape index (κ2) is 24.3. The molecule has 0 amide bonds. The lowest BCUT2D eigenvalue weighted by molar-refractivity contribution is -0.172. The zero-order valence-corrected chi connectivity index (χ0v) is 19.9. The summed E-state index contributed by atoms with van der Waals surface area (Å²) >= 11 is 5.24. The third kappa shape index (κ3) is 32.0. The maximum atomic E-state index is 11.6. The first-order valence-electron chi connectivity index (χ1n) is 8.98. The molecule has 0 saturated carbocycles. The van der Waals surface area contributed by atoms with E-state index in [2.05, 4.69) is 14.2 Å². The number of ketones is 3. The molecule has 0 fully saturated rings. The van der Waals surface area contributed by atoms with Crippen LogP contribution in [0, 0.1) is 0 Å². The quantitative estimate of drug-likeness (QED) is 0.113. The SMILES string of the molecule is C.C.CCO/C=C/C(=O)C(F)(F)F.CCO/C=C\C(=O)C(F)(F)F.CCOC(Cl)CC(=O)C(F)(F)F.Cl. The molecular weight excluding hydrogens is 578 g/mol. The van der Waals surface area contributed by atoms with E-state index in [1.54, 1.807) is 20.8 Å². The average Bonchev–Trinajstić information content (AvgIpc) is 2.67. The Labute approximate surface area is 220 Å². The molecule has 1 atom stereocenters. The molecule has 0 aromatic heterocycles. The minimum atomic E-state index is -4.82. The lowest BCUT2D eigenvalue weighted by Crippen LogP contribution is -2.26. The van der Waals surface area contributed by atoms with Gasteiger partial charge in [-0.25, -0.2) is 0 Å². The van der Waals surface area contributed by atoms with Crippen molar-refractivity contribution in [3.8, 4) is 0 Å². The van der Waals surface area contributed by atoms with E-state index in [9.17, 15) is 53.9 Å². The predicted octanol–water partition coefficient (Wildman–Crippen LogP) is 7.14.